The summed E-state index contributed by atoms with van der Waals surface area (Å²) in [6.07, 6.45) is 5.77. The smallest absolute Gasteiger partial charge is 0.328 e. The molecule has 2 heterocycles. The highest BCUT2D eigenvalue weighted by molar-refractivity contribution is 5.95. The molecule has 8 nitrogen and oxygen atoms in total. The van der Waals surface area contributed by atoms with Crippen LogP contribution in [0.2, 0.25) is 0 Å². The van der Waals surface area contributed by atoms with Crippen LogP contribution in [0, 0.1) is 5.92 Å². The fourth-order valence-electron chi connectivity index (χ4n) is 3.53. The Morgan fingerprint density at radius 2 is 2.06 bits per heavy atom. The van der Waals surface area contributed by atoms with Crippen molar-refractivity contribution in [2.24, 2.45) is 11.7 Å². The number of benzene rings is 1. The number of aromatic nitrogens is 2. The summed E-state index contributed by atoms with van der Waals surface area (Å²) in [7, 11) is 0. The van der Waals surface area contributed by atoms with Crippen LogP contribution in [-0.4, -0.2) is 34.5 Å². The number of ether oxygens (including phenoxy) is 1. The molecule has 4 N–H and O–H groups in total. The van der Waals surface area contributed by atoms with Crippen LogP contribution in [0.5, 0.6) is 0 Å². The number of hydrogen-bond donors (Lipinski definition) is 3. The monoisotopic (exact) mass is 440 g/mol. The average molecular weight is 441 g/mol. The van der Waals surface area contributed by atoms with Gasteiger partial charge in [-0.1, -0.05) is 45.4 Å². The van der Waals surface area contributed by atoms with Gasteiger partial charge in [0.2, 0.25) is 5.89 Å². The van der Waals surface area contributed by atoms with Crippen molar-refractivity contribution in [1.29, 1.82) is 0 Å². The first-order valence-electron chi connectivity index (χ1n) is 11.1. The largest absolute Gasteiger partial charge is 0.464 e. The first kappa shape index (κ1) is 23.5. The zero-order valence-corrected chi connectivity index (χ0v) is 18.9. The molecule has 2 atom stereocenters. The maximum Gasteiger partial charge on any atom is 0.328 e. The molecule has 172 valence electrons. The molecule has 0 aliphatic rings. The first-order chi connectivity index (χ1) is 15.4. The van der Waals surface area contributed by atoms with Gasteiger partial charge in [-0.3, -0.25) is 4.79 Å². The van der Waals surface area contributed by atoms with Crippen molar-refractivity contribution in [3.05, 3.63) is 53.9 Å². The Morgan fingerprint density at radius 1 is 1.28 bits per heavy atom. The standard InChI is InChI=1S/C24H32N4O4/c1-4-5-10-31-24(30)20(12-16-13-26-19-9-7-6-8-17(16)19)27-22(29)21-14-32-23(28-21)18(25)11-15(2)3/h6-9,13-15,18,20,26H,4-5,10-12,25H2,1-3H3,(H,27,29). The maximum absolute atomic E-state index is 12.8. The number of oxazole rings is 1. The van der Waals surface area contributed by atoms with Crippen LogP contribution >= 0.6 is 0 Å². The summed E-state index contributed by atoms with van der Waals surface area (Å²) in [5.41, 5.74) is 8.07. The molecule has 2 aromatic heterocycles. The number of carbonyl (C=O) groups is 2. The summed E-state index contributed by atoms with van der Waals surface area (Å²) >= 11 is 0. The van der Waals surface area contributed by atoms with Gasteiger partial charge >= 0.3 is 5.97 Å². The zero-order valence-electron chi connectivity index (χ0n) is 18.9. The molecule has 8 heteroatoms. The average Bonchev–Trinajstić information content (AvgIpc) is 3.41. The third kappa shape index (κ3) is 5.97. The quantitative estimate of drug-likeness (QED) is 0.307. The van der Waals surface area contributed by atoms with Crippen molar-refractivity contribution in [3.8, 4) is 0 Å². The molecule has 0 saturated carbocycles. The van der Waals surface area contributed by atoms with Crippen molar-refractivity contribution >= 4 is 22.8 Å². The number of amides is 1. The van der Waals surface area contributed by atoms with Gasteiger partial charge in [0.1, 0.15) is 12.3 Å². The van der Waals surface area contributed by atoms with Gasteiger partial charge in [0.05, 0.1) is 12.6 Å². The van der Waals surface area contributed by atoms with Gasteiger partial charge in [-0.15, -0.1) is 0 Å². The van der Waals surface area contributed by atoms with Gasteiger partial charge in [0.15, 0.2) is 5.69 Å². The molecular weight excluding hydrogens is 408 g/mol. The lowest BCUT2D eigenvalue weighted by Gasteiger charge is -2.17. The second-order valence-electron chi connectivity index (χ2n) is 8.42. The van der Waals surface area contributed by atoms with Gasteiger partial charge < -0.3 is 25.2 Å². The van der Waals surface area contributed by atoms with Crippen LogP contribution in [0.15, 0.2) is 41.1 Å². The van der Waals surface area contributed by atoms with Crippen LogP contribution in [-0.2, 0) is 16.0 Å². The van der Waals surface area contributed by atoms with E-state index in [1.807, 2.05) is 37.4 Å². The lowest BCUT2D eigenvalue weighted by molar-refractivity contribution is -0.146. The molecule has 0 radical (unpaired) electrons. The van der Waals surface area contributed by atoms with Crippen LogP contribution < -0.4 is 11.1 Å². The highest BCUT2D eigenvalue weighted by Crippen LogP contribution is 2.21. The predicted molar refractivity (Wildman–Crippen MR) is 122 cm³/mol. The molecule has 1 amide bonds. The molecule has 2 unspecified atom stereocenters. The fourth-order valence-corrected chi connectivity index (χ4v) is 3.53. The Bertz CT molecular complexity index is 1040. The molecule has 1 aromatic carbocycles. The van der Waals surface area contributed by atoms with E-state index in [1.165, 1.54) is 6.26 Å². The Kier molecular flexibility index (Phi) is 8.05. The van der Waals surface area contributed by atoms with E-state index in [9.17, 15) is 9.59 Å². The van der Waals surface area contributed by atoms with E-state index in [-0.39, 0.29) is 12.1 Å². The van der Waals surface area contributed by atoms with E-state index in [2.05, 4.69) is 29.1 Å². The van der Waals surface area contributed by atoms with Crippen LogP contribution in [0.4, 0.5) is 0 Å². The lowest BCUT2D eigenvalue weighted by atomic mass is 10.0. The Morgan fingerprint density at radius 3 is 2.81 bits per heavy atom. The van der Waals surface area contributed by atoms with Crippen molar-refractivity contribution < 1.29 is 18.7 Å². The van der Waals surface area contributed by atoms with Gasteiger partial charge in [-0.2, -0.15) is 0 Å². The predicted octanol–water partition coefficient (Wildman–Crippen LogP) is 3.89. The van der Waals surface area contributed by atoms with E-state index >= 15 is 0 Å². The molecule has 0 spiro atoms. The lowest BCUT2D eigenvalue weighted by Crippen LogP contribution is -2.43. The van der Waals surface area contributed by atoms with Crippen molar-refractivity contribution in [1.82, 2.24) is 15.3 Å². The molecule has 0 bridgehead atoms. The number of carbonyl (C=O) groups excluding carboxylic acids is 2. The van der Waals surface area contributed by atoms with E-state index in [4.69, 9.17) is 14.9 Å². The number of fused-ring (bicyclic) bond motifs is 1. The molecule has 0 saturated heterocycles. The highest BCUT2D eigenvalue weighted by atomic mass is 16.5. The zero-order chi connectivity index (χ0) is 23.1. The summed E-state index contributed by atoms with van der Waals surface area (Å²) in [6, 6.07) is 6.56. The summed E-state index contributed by atoms with van der Waals surface area (Å²) in [6.45, 7) is 6.44. The third-order valence-corrected chi connectivity index (χ3v) is 5.23. The van der Waals surface area contributed by atoms with E-state index in [0.717, 1.165) is 29.3 Å². The van der Waals surface area contributed by atoms with Crippen molar-refractivity contribution in [3.63, 3.8) is 0 Å². The molecule has 32 heavy (non-hydrogen) atoms. The minimum atomic E-state index is -0.858. The summed E-state index contributed by atoms with van der Waals surface area (Å²) in [5, 5.41) is 3.76. The molecule has 0 aliphatic heterocycles. The van der Waals surface area contributed by atoms with E-state index in [0.29, 0.717) is 24.8 Å². The second-order valence-corrected chi connectivity index (χ2v) is 8.42. The number of H-pyrrole nitrogens is 1. The number of nitrogens with one attached hydrogen (secondary N) is 2. The number of hydrogen-bond acceptors (Lipinski definition) is 6. The Hall–Kier alpha value is -3.13. The number of nitrogens with two attached hydrogens (primary N) is 1. The molecule has 3 rings (SSSR count). The van der Waals surface area contributed by atoms with E-state index < -0.39 is 24.0 Å². The van der Waals surface area contributed by atoms with Gasteiger partial charge in [0, 0.05) is 23.5 Å². The van der Waals surface area contributed by atoms with Crippen molar-refractivity contribution in [2.75, 3.05) is 6.61 Å². The summed E-state index contributed by atoms with van der Waals surface area (Å²) < 4.78 is 10.8. The normalized spacial score (nSPS) is 13.3. The molecule has 0 aliphatic carbocycles. The van der Waals surface area contributed by atoms with Crippen LogP contribution in [0.1, 0.15) is 68.0 Å². The number of rotatable bonds is 11. The number of nitrogens with zero attached hydrogens (tertiary/aromatic N) is 1. The van der Waals surface area contributed by atoms with Gasteiger partial charge in [-0.25, -0.2) is 9.78 Å². The van der Waals surface area contributed by atoms with Crippen LogP contribution in [0.25, 0.3) is 10.9 Å². The first-order valence-corrected chi connectivity index (χ1v) is 11.1. The highest BCUT2D eigenvalue weighted by Gasteiger charge is 2.26. The van der Waals surface area contributed by atoms with E-state index in [1.54, 1.807) is 0 Å². The number of unbranched alkanes of at least 4 members (excludes halogenated alkanes) is 1. The third-order valence-electron chi connectivity index (χ3n) is 5.23. The summed E-state index contributed by atoms with van der Waals surface area (Å²) in [4.78, 5) is 33.1. The Labute approximate surface area is 187 Å². The summed E-state index contributed by atoms with van der Waals surface area (Å²) in [5.74, 6) is -0.304. The van der Waals surface area contributed by atoms with Crippen molar-refractivity contribution in [2.45, 2.75) is 58.5 Å². The number of para-hydroxylation sites is 1. The van der Waals surface area contributed by atoms with Gasteiger partial charge in [0.25, 0.3) is 5.91 Å². The molecular formula is C24H32N4O4. The van der Waals surface area contributed by atoms with Crippen LogP contribution in [0.3, 0.4) is 0 Å². The van der Waals surface area contributed by atoms with Gasteiger partial charge in [-0.05, 0) is 30.4 Å². The fraction of sp³-hybridized carbons (Fsp3) is 0.458. The number of esters is 1. The second kappa shape index (κ2) is 10.9. The number of aromatic amines is 1. The Balaban J connectivity index is 1.75. The minimum Gasteiger partial charge on any atom is -0.464 e. The minimum absolute atomic E-state index is 0.0875. The molecule has 3 aromatic rings. The maximum atomic E-state index is 12.8. The SMILES string of the molecule is CCCCOC(=O)C(Cc1c[nH]c2ccccc12)NC(=O)c1coc(C(N)CC(C)C)n1. The topological polar surface area (TPSA) is 123 Å². The molecule has 0 fully saturated rings.